The highest BCUT2D eigenvalue weighted by Crippen LogP contribution is 2.31. The number of ether oxygens (including phenoxy) is 1. The Kier molecular flexibility index (Phi) is 4.13. The lowest BCUT2D eigenvalue weighted by Crippen LogP contribution is -2.17. The van der Waals surface area contributed by atoms with E-state index in [1.54, 1.807) is 6.07 Å². The predicted octanol–water partition coefficient (Wildman–Crippen LogP) is 4.46. The van der Waals surface area contributed by atoms with Crippen molar-refractivity contribution in [3.05, 3.63) is 53.8 Å². The van der Waals surface area contributed by atoms with E-state index in [1.807, 2.05) is 6.07 Å². The summed E-state index contributed by atoms with van der Waals surface area (Å²) in [5, 5.41) is 8.73. The number of alkyl halides is 3. The summed E-state index contributed by atoms with van der Waals surface area (Å²) in [6.45, 7) is 0. The van der Waals surface area contributed by atoms with Crippen LogP contribution in [0.4, 0.5) is 17.6 Å². The van der Waals surface area contributed by atoms with E-state index in [0.717, 1.165) is 12.1 Å². The minimum absolute atomic E-state index is 0.143. The number of hydrogen-bond acceptors (Lipinski definition) is 2. The maximum Gasteiger partial charge on any atom is 0.573 e. The van der Waals surface area contributed by atoms with E-state index in [0.29, 0.717) is 11.1 Å². The Hall–Kier alpha value is -2.55. The highest BCUT2D eigenvalue weighted by Gasteiger charge is 2.31. The lowest BCUT2D eigenvalue weighted by molar-refractivity contribution is -0.274. The maximum atomic E-state index is 13.7. The minimum atomic E-state index is -4.80. The molecule has 6 heteroatoms. The average Bonchev–Trinajstić information content (AvgIpc) is 2.39. The highest BCUT2D eigenvalue weighted by atomic mass is 19.4. The molecule has 0 unspecified atom stereocenters. The lowest BCUT2D eigenvalue weighted by Gasteiger charge is -2.12. The van der Waals surface area contributed by atoms with Gasteiger partial charge in [-0.25, -0.2) is 4.39 Å². The van der Waals surface area contributed by atoms with E-state index in [-0.39, 0.29) is 12.0 Å². The smallest absolute Gasteiger partial charge is 0.406 e. The monoisotopic (exact) mass is 295 g/mol. The zero-order chi connectivity index (χ0) is 15.5. The van der Waals surface area contributed by atoms with Gasteiger partial charge in [-0.2, -0.15) is 5.26 Å². The molecule has 0 N–H and O–H groups in total. The van der Waals surface area contributed by atoms with Crippen molar-refractivity contribution in [1.29, 1.82) is 5.26 Å². The Morgan fingerprint density at radius 1 is 1.10 bits per heavy atom. The molecule has 2 nitrogen and oxygen atoms in total. The van der Waals surface area contributed by atoms with Gasteiger partial charge < -0.3 is 4.74 Å². The SMILES string of the molecule is N#CCc1c(F)cccc1-c1cccc(OC(F)(F)F)c1. The molecular formula is C15H9F4NO. The number of nitrogens with zero attached hydrogens (tertiary/aromatic N) is 1. The van der Waals surface area contributed by atoms with Crippen LogP contribution in [0.15, 0.2) is 42.5 Å². The molecule has 0 heterocycles. The number of rotatable bonds is 3. The Bertz CT molecular complexity index is 689. The summed E-state index contributed by atoms with van der Waals surface area (Å²) in [4.78, 5) is 0. The van der Waals surface area contributed by atoms with E-state index in [4.69, 9.17) is 5.26 Å². The third kappa shape index (κ3) is 3.72. The second-order valence-corrected chi connectivity index (χ2v) is 4.18. The van der Waals surface area contributed by atoms with Crippen LogP contribution in [0, 0.1) is 17.1 Å². The molecule has 108 valence electrons. The van der Waals surface area contributed by atoms with E-state index in [1.165, 1.54) is 24.3 Å². The van der Waals surface area contributed by atoms with Crippen molar-refractivity contribution in [3.8, 4) is 22.9 Å². The fourth-order valence-corrected chi connectivity index (χ4v) is 1.95. The van der Waals surface area contributed by atoms with Crippen LogP contribution in [0.5, 0.6) is 5.75 Å². The van der Waals surface area contributed by atoms with Crippen molar-refractivity contribution in [2.45, 2.75) is 12.8 Å². The molecule has 0 aliphatic rings. The Morgan fingerprint density at radius 3 is 2.48 bits per heavy atom. The van der Waals surface area contributed by atoms with Gasteiger partial charge in [-0.15, -0.1) is 13.2 Å². The summed E-state index contributed by atoms with van der Waals surface area (Å²) in [7, 11) is 0. The molecule has 0 aliphatic carbocycles. The lowest BCUT2D eigenvalue weighted by atomic mass is 9.97. The predicted molar refractivity (Wildman–Crippen MR) is 67.8 cm³/mol. The molecule has 0 saturated heterocycles. The quantitative estimate of drug-likeness (QED) is 0.783. The topological polar surface area (TPSA) is 33.0 Å². The van der Waals surface area contributed by atoms with Gasteiger partial charge in [0.05, 0.1) is 12.5 Å². The fourth-order valence-electron chi connectivity index (χ4n) is 1.95. The molecule has 2 aromatic carbocycles. The van der Waals surface area contributed by atoms with Gasteiger partial charge in [0, 0.05) is 5.56 Å². The third-order valence-corrected chi connectivity index (χ3v) is 2.75. The van der Waals surface area contributed by atoms with Crippen molar-refractivity contribution in [3.63, 3.8) is 0 Å². The van der Waals surface area contributed by atoms with Crippen LogP contribution in [0.25, 0.3) is 11.1 Å². The zero-order valence-corrected chi connectivity index (χ0v) is 10.6. The van der Waals surface area contributed by atoms with Crippen molar-refractivity contribution in [2.24, 2.45) is 0 Å². The number of benzene rings is 2. The largest absolute Gasteiger partial charge is 0.573 e. The molecule has 2 rings (SSSR count). The highest BCUT2D eigenvalue weighted by molar-refractivity contribution is 5.69. The standard InChI is InChI=1S/C15H9F4NO/c16-14-6-2-5-12(13(14)7-8-20)10-3-1-4-11(9-10)21-15(17,18)19/h1-6,9H,7H2. The van der Waals surface area contributed by atoms with Gasteiger partial charge >= 0.3 is 6.36 Å². The van der Waals surface area contributed by atoms with E-state index < -0.39 is 17.9 Å². The van der Waals surface area contributed by atoms with Gasteiger partial charge in [-0.05, 0) is 29.3 Å². The van der Waals surface area contributed by atoms with Gasteiger partial charge in [0.15, 0.2) is 0 Å². The number of nitriles is 1. The van der Waals surface area contributed by atoms with Gasteiger partial charge in [0.2, 0.25) is 0 Å². The summed E-state index contributed by atoms with van der Waals surface area (Å²) in [5.41, 5.74) is 0.856. The first-order valence-corrected chi connectivity index (χ1v) is 5.91. The first kappa shape index (κ1) is 14.9. The van der Waals surface area contributed by atoms with Gasteiger partial charge in [0.1, 0.15) is 11.6 Å². The van der Waals surface area contributed by atoms with Gasteiger partial charge in [-0.1, -0.05) is 24.3 Å². The van der Waals surface area contributed by atoms with Crippen LogP contribution < -0.4 is 4.74 Å². The van der Waals surface area contributed by atoms with Gasteiger partial charge in [0.25, 0.3) is 0 Å². The van der Waals surface area contributed by atoms with Crippen LogP contribution in [0.1, 0.15) is 5.56 Å². The first-order chi connectivity index (χ1) is 9.90. The summed E-state index contributed by atoms with van der Waals surface area (Å²) in [6, 6.07) is 11.2. The van der Waals surface area contributed by atoms with Crippen molar-refractivity contribution >= 4 is 0 Å². The van der Waals surface area contributed by atoms with Crippen molar-refractivity contribution in [2.75, 3.05) is 0 Å². The average molecular weight is 295 g/mol. The van der Waals surface area contributed by atoms with Crippen molar-refractivity contribution in [1.82, 2.24) is 0 Å². The van der Waals surface area contributed by atoms with Crippen LogP contribution in [-0.4, -0.2) is 6.36 Å². The molecule has 0 bridgehead atoms. The summed E-state index contributed by atoms with van der Waals surface area (Å²) >= 11 is 0. The molecule has 0 atom stereocenters. The second-order valence-electron chi connectivity index (χ2n) is 4.18. The molecule has 0 aliphatic heterocycles. The second kappa shape index (κ2) is 5.83. The maximum absolute atomic E-state index is 13.7. The van der Waals surface area contributed by atoms with Crippen LogP contribution in [0.3, 0.4) is 0 Å². The molecule has 0 aromatic heterocycles. The molecule has 0 fully saturated rings. The summed E-state index contributed by atoms with van der Waals surface area (Å²) < 4.78 is 54.2. The molecule has 2 aromatic rings. The molecule has 0 spiro atoms. The minimum Gasteiger partial charge on any atom is -0.406 e. The number of hydrogen-bond donors (Lipinski definition) is 0. The molecular weight excluding hydrogens is 286 g/mol. The fraction of sp³-hybridized carbons (Fsp3) is 0.133. The van der Waals surface area contributed by atoms with Crippen LogP contribution >= 0.6 is 0 Å². The van der Waals surface area contributed by atoms with E-state index in [9.17, 15) is 17.6 Å². The third-order valence-electron chi connectivity index (χ3n) is 2.75. The van der Waals surface area contributed by atoms with Crippen molar-refractivity contribution < 1.29 is 22.3 Å². The zero-order valence-electron chi connectivity index (χ0n) is 10.6. The van der Waals surface area contributed by atoms with Gasteiger partial charge in [-0.3, -0.25) is 0 Å². The Labute approximate surface area is 118 Å². The summed E-state index contributed by atoms with van der Waals surface area (Å²) in [5.74, 6) is -0.969. The summed E-state index contributed by atoms with van der Waals surface area (Å²) in [6.07, 6.45) is -4.97. The van der Waals surface area contributed by atoms with Crippen LogP contribution in [0.2, 0.25) is 0 Å². The van der Waals surface area contributed by atoms with E-state index in [2.05, 4.69) is 4.74 Å². The van der Waals surface area contributed by atoms with Crippen LogP contribution in [-0.2, 0) is 6.42 Å². The molecule has 21 heavy (non-hydrogen) atoms. The normalized spacial score (nSPS) is 11.0. The Balaban J connectivity index is 2.46. The first-order valence-electron chi connectivity index (χ1n) is 5.91. The van der Waals surface area contributed by atoms with E-state index >= 15 is 0 Å². The molecule has 0 amide bonds. The number of halogens is 4. The Morgan fingerprint density at radius 2 is 1.81 bits per heavy atom. The molecule has 0 radical (unpaired) electrons. The molecule has 0 saturated carbocycles.